The standard InChI is InChI=1S/C18H17Cl2N5O/c1-2-24-11-13(10-21-24)3-6-18(26)22-17-7-8-25(23-17)12-14-4-5-15(19)9-16(14)20/h3-11H,2,12H2,1H3,(H,22,23,26)/b6-3+. The molecule has 0 atom stereocenters. The van der Waals surface area contributed by atoms with Crippen molar-refractivity contribution < 1.29 is 4.79 Å². The molecule has 0 aliphatic rings. The second-order valence-electron chi connectivity index (χ2n) is 5.59. The van der Waals surface area contributed by atoms with E-state index in [1.165, 1.54) is 6.08 Å². The van der Waals surface area contributed by atoms with Crippen LogP contribution in [0, 0.1) is 0 Å². The molecule has 0 radical (unpaired) electrons. The highest BCUT2D eigenvalue weighted by atomic mass is 35.5. The number of amides is 1. The van der Waals surface area contributed by atoms with Gasteiger partial charge in [-0.3, -0.25) is 14.2 Å². The molecule has 0 saturated carbocycles. The number of carbonyl (C=O) groups excluding carboxylic acids is 1. The van der Waals surface area contributed by atoms with Crippen LogP contribution in [0.5, 0.6) is 0 Å². The summed E-state index contributed by atoms with van der Waals surface area (Å²) in [6.07, 6.45) is 8.51. The number of rotatable bonds is 6. The van der Waals surface area contributed by atoms with Crippen LogP contribution < -0.4 is 5.32 Å². The first-order valence-corrected chi connectivity index (χ1v) is 8.78. The van der Waals surface area contributed by atoms with E-state index in [2.05, 4.69) is 15.5 Å². The number of anilines is 1. The van der Waals surface area contributed by atoms with Crippen LogP contribution in [0.25, 0.3) is 6.08 Å². The lowest BCUT2D eigenvalue weighted by molar-refractivity contribution is -0.111. The molecular weight excluding hydrogens is 373 g/mol. The molecule has 0 aliphatic carbocycles. The summed E-state index contributed by atoms with van der Waals surface area (Å²) in [4.78, 5) is 12.0. The van der Waals surface area contributed by atoms with Gasteiger partial charge in [-0.05, 0) is 30.7 Å². The van der Waals surface area contributed by atoms with Crippen molar-refractivity contribution in [2.75, 3.05) is 5.32 Å². The number of benzene rings is 1. The Hall–Kier alpha value is -2.57. The Morgan fingerprint density at radius 2 is 2.12 bits per heavy atom. The number of halogens is 2. The van der Waals surface area contributed by atoms with E-state index in [9.17, 15) is 4.79 Å². The molecule has 1 aromatic carbocycles. The molecule has 0 saturated heterocycles. The van der Waals surface area contributed by atoms with Crippen molar-refractivity contribution in [1.29, 1.82) is 0 Å². The number of hydrogen-bond acceptors (Lipinski definition) is 3. The van der Waals surface area contributed by atoms with Crippen molar-refractivity contribution in [3.8, 4) is 0 Å². The monoisotopic (exact) mass is 389 g/mol. The van der Waals surface area contributed by atoms with Crippen LogP contribution in [-0.2, 0) is 17.9 Å². The maximum Gasteiger partial charge on any atom is 0.249 e. The van der Waals surface area contributed by atoms with Crippen molar-refractivity contribution in [3.63, 3.8) is 0 Å². The average Bonchev–Trinajstić information content (AvgIpc) is 3.25. The van der Waals surface area contributed by atoms with Gasteiger partial charge >= 0.3 is 0 Å². The van der Waals surface area contributed by atoms with Gasteiger partial charge in [0.1, 0.15) is 0 Å². The van der Waals surface area contributed by atoms with Crippen LogP contribution in [0.1, 0.15) is 18.1 Å². The minimum absolute atomic E-state index is 0.260. The SMILES string of the molecule is CCn1cc(/C=C/C(=O)Nc2ccn(Cc3ccc(Cl)cc3Cl)n2)cn1. The van der Waals surface area contributed by atoms with Crippen molar-refractivity contribution in [1.82, 2.24) is 19.6 Å². The normalized spacial score (nSPS) is 11.2. The molecule has 26 heavy (non-hydrogen) atoms. The molecule has 1 N–H and O–H groups in total. The Morgan fingerprint density at radius 3 is 2.85 bits per heavy atom. The van der Waals surface area contributed by atoms with E-state index < -0.39 is 0 Å². The van der Waals surface area contributed by atoms with E-state index in [0.717, 1.165) is 17.7 Å². The number of nitrogens with zero attached hydrogens (tertiary/aromatic N) is 4. The van der Waals surface area contributed by atoms with E-state index in [1.807, 2.05) is 19.2 Å². The summed E-state index contributed by atoms with van der Waals surface area (Å²) in [7, 11) is 0. The Bertz CT molecular complexity index is 945. The average molecular weight is 390 g/mol. The zero-order chi connectivity index (χ0) is 18.5. The first-order valence-electron chi connectivity index (χ1n) is 8.02. The molecule has 0 fully saturated rings. The largest absolute Gasteiger partial charge is 0.306 e. The minimum Gasteiger partial charge on any atom is -0.306 e. The molecule has 2 aromatic heterocycles. The number of nitrogens with one attached hydrogen (secondary N) is 1. The highest BCUT2D eigenvalue weighted by Crippen LogP contribution is 2.21. The molecule has 8 heteroatoms. The quantitative estimate of drug-likeness (QED) is 0.645. The fraction of sp³-hybridized carbons (Fsp3) is 0.167. The molecule has 0 spiro atoms. The van der Waals surface area contributed by atoms with Crippen LogP contribution in [0.2, 0.25) is 10.0 Å². The van der Waals surface area contributed by atoms with Crippen molar-refractivity contribution in [2.24, 2.45) is 0 Å². The third kappa shape index (κ3) is 4.74. The van der Waals surface area contributed by atoms with Crippen LogP contribution >= 0.6 is 23.2 Å². The Kier molecular flexibility index (Phi) is 5.75. The summed E-state index contributed by atoms with van der Waals surface area (Å²) >= 11 is 12.1. The lowest BCUT2D eigenvalue weighted by atomic mass is 10.2. The Labute approximate surface area is 161 Å². The molecule has 3 rings (SSSR count). The maximum absolute atomic E-state index is 12.0. The smallest absolute Gasteiger partial charge is 0.249 e. The van der Waals surface area contributed by atoms with Crippen LogP contribution in [0.4, 0.5) is 5.82 Å². The van der Waals surface area contributed by atoms with Crippen molar-refractivity contribution in [2.45, 2.75) is 20.0 Å². The number of aromatic nitrogens is 4. The topological polar surface area (TPSA) is 64.7 Å². The van der Waals surface area contributed by atoms with Gasteiger partial charge < -0.3 is 5.32 Å². The van der Waals surface area contributed by atoms with Gasteiger partial charge in [-0.2, -0.15) is 10.2 Å². The molecule has 1 amide bonds. The zero-order valence-corrected chi connectivity index (χ0v) is 15.6. The van der Waals surface area contributed by atoms with Crippen LogP contribution in [-0.4, -0.2) is 25.5 Å². The fourth-order valence-corrected chi connectivity index (χ4v) is 2.79. The van der Waals surface area contributed by atoms with E-state index in [1.54, 1.807) is 46.0 Å². The Morgan fingerprint density at radius 1 is 1.27 bits per heavy atom. The van der Waals surface area contributed by atoms with E-state index >= 15 is 0 Å². The van der Waals surface area contributed by atoms with Crippen molar-refractivity contribution >= 4 is 41.0 Å². The highest BCUT2D eigenvalue weighted by Gasteiger charge is 2.06. The second-order valence-corrected chi connectivity index (χ2v) is 6.43. The molecule has 3 aromatic rings. The first kappa shape index (κ1) is 18.2. The van der Waals surface area contributed by atoms with Gasteiger partial charge in [0.2, 0.25) is 5.91 Å². The van der Waals surface area contributed by atoms with E-state index in [4.69, 9.17) is 23.2 Å². The molecule has 0 aliphatic heterocycles. The van der Waals surface area contributed by atoms with Gasteiger partial charge in [0.15, 0.2) is 5.82 Å². The molecule has 0 bridgehead atoms. The molecule has 2 heterocycles. The fourth-order valence-electron chi connectivity index (χ4n) is 2.32. The van der Waals surface area contributed by atoms with Gasteiger partial charge in [-0.15, -0.1) is 0 Å². The summed E-state index contributed by atoms with van der Waals surface area (Å²) in [5, 5.41) is 12.4. The predicted octanol–water partition coefficient (Wildman–Crippen LogP) is 4.11. The van der Waals surface area contributed by atoms with Gasteiger partial charge in [0.25, 0.3) is 0 Å². The number of hydrogen-bond donors (Lipinski definition) is 1. The number of carbonyl (C=O) groups is 1. The third-order valence-electron chi connectivity index (χ3n) is 3.64. The summed E-state index contributed by atoms with van der Waals surface area (Å²) in [5.41, 5.74) is 1.76. The number of aryl methyl sites for hydroxylation is 1. The zero-order valence-electron chi connectivity index (χ0n) is 14.1. The lowest BCUT2D eigenvalue weighted by Crippen LogP contribution is -2.09. The highest BCUT2D eigenvalue weighted by molar-refractivity contribution is 6.35. The minimum atomic E-state index is -0.260. The Balaban J connectivity index is 1.59. The molecule has 134 valence electrons. The maximum atomic E-state index is 12.0. The van der Waals surface area contributed by atoms with E-state index in [0.29, 0.717) is 22.4 Å². The van der Waals surface area contributed by atoms with Crippen molar-refractivity contribution in [3.05, 3.63) is 70.1 Å². The van der Waals surface area contributed by atoms with Gasteiger partial charge in [-0.1, -0.05) is 29.3 Å². The van der Waals surface area contributed by atoms with Gasteiger partial charge in [-0.25, -0.2) is 0 Å². The summed E-state index contributed by atoms with van der Waals surface area (Å²) < 4.78 is 3.49. The molecule has 0 unspecified atom stereocenters. The third-order valence-corrected chi connectivity index (χ3v) is 4.23. The summed E-state index contributed by atoms with van der Waals surface area (Å²) in [6.45, 7) is 3.27. The summed E-state index contributed by atoms with van der Waals surface area (Å²) in [5.74, 6) is 0.206. The molecular formula is C18H17Cl2N5O. The van der Waals surface area contributed by atoms with Crippen LogP contribution in [0.3, 0.4) is 0 Å². The lowest BCUT2D eigenvalue weighted by Gasteiger charge is -2.05. The molecule has 6 nitrogen and oxygen atoms in total. The van der Waals surface area contributed by atoms with Crippen LogP contribution in [0.15, 0.2) is 48.9 Å². The predicted molar refractivity (Wildman–Crippen MR) is 103 cm³/mol. The van der Waals surface area contributed by atoms with Gasteiger partial charge in [0.05, 0.1) is 12.7 Å². The van der Waals surface area contributed by atoms with E-state index in [-0.39, 0.29) is 5.91 Å². The second kappa shape index (κ2) is 8.21. The van der Waals surface area contributed by atoms with Gasteiger partial charge in [0, 0.05) is 46.7 Å². The first-order chi connectivity index (χ1) is 12.5. The summed E-state index contributed by atoms with van der Waals surface area (Å²) in [6, 6.07) is 7.05.